The second kappa shape index (κ2) is 6.18. The van der Waals surface area contributed by atoms with Gasteiger partial charge in [-0.2, -0.15) is 5.10 Å². The van der Waals surface area contributed by atoms with Crippen molar-refractivity contribution in [3.05, 3.63) is 69.9 Å². The van der Waals surface area contributed by atoms with Crippen molar-refractivity contribution in [2.24, 2.45) is 5.73 Å². The molecule has 2 N–H and O–H groups in total. The number of nitrogens with two attached hydrogens (primary N) is 1. The van der Waals surface area contributed by atoms with Crippen LogP contribution in [0.5, 0.6) is 0 Å². The zero-order valence-electron chi connectivity index (χ0n) is 13.0. The first-order chi connectivity index (χ1) is 11.8. The van der Waals surface area contributed by atoms with Gasteiger partial charge < -0.3 is 10.6 Å². The first kappa shape index (κ1) is 15.0. The number of carbonyl (C=O) groups is 1. The number of hydrogen-bond donors (Lipinski definition) is 1. The van der Waals surface area contributed by atoms with Gasteiger partial charge in [0.15, 0.2) is 0 Å². The summed E-state index contributed by atoms with van der Waals surface area (Å²) in [5.74, 6) is -0.0578. The van der Waals surface area contributed by atoms with Gasteiger partial charge in [-0.15, -0.1) is 11.3 Å². The van der Waals surface area contributed by atoms with Crippen LogP contribution in [0.15, 0.2) is 48.1 Å². The Kier molecular flexibility index (Phi) is 3.87. The number of nitrogens with zero attached hydrogens (tertiary/aromatic N) is 4. The molecule has 3 aromatic rings. The van der Waals surface area contributed by atoms with E-state index in [0.717, 1.165) is 10.6 Å². The van der Waals surface area contributed by atoms with Crippen LogP contribution in [-0.4, -0.2) is 32.1 Å². The largest absolute Gasteiger partial charge is 0.330 e. The molecule has 1 amide bonds. The highest BCUT2D eigenvalue weighted by molar-refractivity contribution is 7.09. The van der Waals surface area contributed by atoms with E-state index < -0.39 is 0 Å². The van der Waals surface area contributed by atoms with Gasteiger partial charge in [-0.1, -0.05) is 24.3 Å². The highest BCUT2D eigenvalue weighted by Gasteiger charge is 2.30. The van der Waals surface area contributed by atoms with E-state index in [9.17, 15) is 4.79 Å². The topological polar surface area (TPSA) is 77.0 Å². The third-order valence-corrected chi connectivity index (χ3v) is 5.12. The molecule has 7 heteroatoms. The molecule has 3 heterocycles. The second-order valence-electron chi connectivity index (χ2n) is 5.72. The Labute approximate surface area is 143 Å². The molecule has 2 aromatic heterocycles. The molecule has 0 fully saturated rings. The minimum atomic E-state index is -0.0578. The normalized spacial score (nSPS) is 16.9. The van der Waals surface area contributed by atoms with Gasteiger partial charge in [0.05, 0.1) is 6.04 Å². The zero-order valence-corrected chi connectivity index (χ0v) is 13.8. The standard InChI is InChI=1S/C17H17N5OS/c18-8-16-20-14(11-24-16)17(23)21-9-12-4-1-2-5-13(12)15(10-21)22-7-3-6-19-22/h1-7,11,15H,8-10,18H2. The van der Waals surface area contributed by atoms with E-state index in [1.807, 2.05) is 34.0 Å². The molecule has 1 aliphatic heterocycles. The maximum absolute atomic E-state index is 12.9. The van der Waals surface area contributed by atoms with Gasteiger partial charge >= 0.3 is 0 Å². The minimum absolute atomic E-state index is 0.0153. The summed E-state index contributed by atoms with van der Waals surface area (Å²) in [5.41, 5.74) is 8.43. The lowest BCUT2D eigenvalue weighted by atomic mass is 9.95. The van der Waals surface area contributed by atoms with Crippen LogP contribution in [0.4, 0.5) is 0 Å². The first-order valence-electron chi connectivity index (χ1n) is 7.77. The number of fused-ring (bicyclic) bond motifs is 1. The SMILES string of the molecule is NCc1nc(C(=O)N2Cc3ccccc3C(n3cccn3)C2)cs1. The molecule has 0 spiro atoms. The van der Waals surface area contributed by atoms with Crippen LogP contribution >= 0.6 is 11.3 Å². The van der Waals surface area contributed by atoms with E-state index in [-0.39, 0.29) is 11.9 Å². The summed E-state index contributed by atoms with van der Waals surface area (Å²) in [6.07, 6.45) is 3.70. The molecule has 1 atom stereocenters. The highest BCUT2D eigenvalue weighted by Crippen LogP contribution is 2.30. The van der Waals surface area contributed by atoms with Gasteiger partial charge in [0.25, 0.3) is 5.91 Å². The zero-order chi connectivity index (χ0) is 16.5. The average Bonchev–Trinajstić information content (AvgIpc) is 3.31. The van der Waals surface area contributed by atoms with E-state index in [0.29, 0.717) is 25.3 Å². The molecule has 0 saturated heterocycles. The van der Waals surface area contributed by atoms with Crippen LogP contribution in [0, 0.1) is 0 Å². The molecule has 4 rings (SSSR count). The summed E-state index contributed by atoms with van der Waals surface area (Å²) >= 11 is 1.42. The third kappa shape index (κ3) is 2.61. The predicted molar refractivity (Wildman–Crippen MR) is 91.6 cm³/mol. The Morgan fingerprint density at radius 2 is 2.21 bits per heavy atom. The van der Waals surface area contributed by atoms with Gasteiger partial charge in [-0.3, -0.25) is 9.48 Å². The van der Waals surface area contributed by atoms with E-state index in [4.69, 9.17) is 5.73 Å². The maximum atomic E-state index is 12.9. The van der Waals surface area contributed by atoms with Crippen LogP contribution in [-0.2, 0) is 13.1 Å². The van der Waals surface area contributed by atoms with Crippen molar-refractivity contribution in [2.75, 3.05) is 6.54 Å². The number of benzene rings is 1. The molecule has 1 aromatic carbocycles. The van der Waals surface area contributed by atoms with Crippen molar-refractivity contribution >= 4 is 17.2 Å². The fourth-order valence-corrected chi connectivity index (χ4v) is 3.74. The van der Waals surface area contributed by atoms with E-state index in [2.05, 4.69) is 22.2 Å². The molecule has 122 valence electrons. The fourth-order valence-electron chi connectivity index (χ4n) is 3.09. The monoisotopic (exact) mass is 339 g/mol. The van der Waals surface area contributed by atoms with Crippen molar-refractivity contribution < 1.29 is 4.79 Å². The molecule has 1 unspecified atom stereocenters. The van der Waals surface area contributed by atoms with Crippen molar-refractivity contribution in [1.29, 1.82) is 0 Å². The van der Waals surface area contributed by atoms with Gasteiger partial charge in [0.1, 0.15) is 10.7 Å². The Morgan fingerprint density at radius 3 is 2.96 bits per heavy atom. The smallest absolute Gasteiger partial charge is 0.273 e. The second-order valence-corrected chi connectivity index (χ2v) is 6.66. The predicted octanol–water partition coefficient (Wildman–Crippen LogP) is 2.04. The summed E-state index contributed by atoms with van der Waals surface area (Å²) < 4.78 is 1.91. The van der Waals surface area contributed by atoms with E-state index in [1.165, 1.54) is 16.9 Å². The van der Waals surface area contributed by atoms with Crippen LogP contribution in [0.1, 0.15) is 32.7 Å². The van der Waals surface area contributed by atoms with Gasteiger partial charge in [-0.25, -0.2) is 4.98 Å². The number of carbonyl (C=O) groups excluding carboxylic acids is 1. The Bertz CT molecular complexity index is 858. The number of hydrogen-bond acceptors (Lipinski definition) is 5. The van der Waals surface area contributed by atoms with Crippen LogP contribution < -0.4 is 5.73 Å². The Hall–Kier alpha value is -2.51. The average molecular weight is 339 g/mol. The van der Waals surface area contributed by atoms with Crippen molar-refractivity contribution in [2.45, 2.75) is 19.1 Å². The molecule has 0 aliphatic carbocycles. The summed E-state index contributed by atoms with van der Waals surface area (Å²) in [4.78, 5) is 19.0. The summed E-state index contributed by atoms with van der Waals surface area (Å²) in [7, 11) is 0. The lowest BCUT2D eigenvalue weighted by Gasteiger charge is -2.34. The molecule has 24 heavy (non-hydrogen) atoms. The molecule has 6 nitrogen and oxygen atoms in total. The summed E-state index contributed by atoms with van der Waals surface area (Å²) in [6, 6.07) is 10.1. The van der Waals surface area contributed by atoms with Crippen molar-refractivity contribution in [1.82, 2.24) is 19.7 Å². The molecule has 1 aliphatic rings. The van der Waals surface area contributed by atoms with E-state index >= 15 is 0 Å². The minimum Gasteiger partial charge on any atom is -0.330 e. The highest BCUT2D eigenvalue weighted by atomic mass is 32.1. The molecular weight excluding hydrogens is 322 g/mol. The molecule has 0 bridgehead atoms. The van der Waals surface area contributed by atoms with Crippen LogP contribution in [0.2, 0.25) is 0 Å². The quantitative estimate of drug-likeness (QED) is 0.792. The van der Waals surface area contributed by atoms with Crippen molar-refractivity contribution in [3.63, 3.8) is 0 Å². The lowest BCUT2D eigenvalue weighted by Crippen LogP contribution is -2.40. The summed E-state index contributed by atoms with van der Waals surface area (Å²) in [5, 5.41) is 6.93. The lowest BCUT2D eigenvalue weighted by molar-refractivity contribution is 0.0701. The molecule has 0 radical (unpaired) electrons. The number of rotatable bonds is 3. The van der Waals surface area contributed by atoms with E-state index in [1.54, 1.807) is 11.6 Å². The van der Waals surface area contributed by atoms with Gasteiger partial charge in [0.2, 0.25) is 0 Å². The van der Waals surface area contributed by atoms with Crippen molar-refractivity contribution in [3.8, 4) is 0 Å². The van der Waals surface area contributed by atoms with Gasteiger partial charge in [0, 0.05) is 37.4 Å². The summed E-state index contributed by atoms with van der Waals surface area (Å²) in [6.45, 7) is 1.52. The number of aromatic nitrogens is 3. The third-order valence-electron chi connectivity index (χ3n) is 4.25. The Balaban J connectivity index is 1.68. The number of thiazole rings is 1. The Morgan fingerprint density at radius 1 is 1.33 bits per heavy atom. The van der Waals surface area contributed by atoms with Crippen LogP contribution in [0.25, 0.3) is 0 Å². The van der Waals surface area contributed by atoms with Crippen LogP contribution in [0.3, 0.4) is 0 Å². The number of amides is 1. The van der Waals surface area contributed by atoms with Gasteiger partial charge in [-0.05, 0) is 17.2 Å². The fraction of sp³-hybridized carbons (Fsp3) is 0.235. The molecule has 0 saturated carbocycles. The first-order valence-corrected chi connectivity index (χ1v) is 8.65. The maximum Gasteiger partial charge on any atom is 0.273 e. The molecular formula is C17H17N5OS.